The van der Waals surface area contributed by atoms with E-state index in [0.717, 1.165) is 11.5 Å². The number of hydrogen-bond acceptors (Lipinski definition) is 3. The number of nitrogen functional groups attached to an aromatic ring is 1. The summed E-state index contributed by atoms with van der Waals surface area (Å²) in [5.41, 5.74) is 8.30. The molecule has 0 fully saturated rings. The van der Waals surface area contributed by atoms with Crippen molar-refractivity contribution in [3.8, 4) is 10.6 Å². The highest BCUT2D eigenvalue weighted by molar-refractivity contribution is 7.15. The van der Waals surface area contributed by atoms with E-state index in [-0.39, 0.29) is 0 Å². The zero-order chi connectivity index (χ0) is 10.4. The molecule has 2 aromatic heterocycles. The monoisotopic (exact) mass is 219 g/mol. The summed E-state index contributed by atoms with van der Waals surface area (Å²) in [4.78, 5) is 2.79. The maximum Gasteiger partial charge on any atom is 0.121 e. The normalized spacial score (nSPS) is 14.5. The van der Waals surface area contributed by atoms with Crippen molar-refractivity contribution in [2.45, 2.75) is 19.3 Å². The van der Waals surface area contributed by atoms with Gasteiger partial charge in [0.25, 0.3) is 0 Å². The quantitative estimate of drug-likeness (QED) is 0.799. The molecule has 0 aliphatic heterocycles. The second-order valence-corrected chi connectivity index (χ2v) is 5.13. The highest BCUT2D eigenvalue weighted by Crippen LogP contribution is 2.36. The molecule has 1 aliphatic rings. The van der Waals surface area contributed by atoms with Crippen LogP contribution >= 0.6 is 11.3 Å². The molecular formula is C11H13N3S. The zero-order valence-electron chi connectivity index (χ0n) is 8.66. The molecule has 0 spiro atoms. The first-order chi connectivity index (χ1) is 7.24. The molecule has 0 radical (unpaired) electrons. The number of rotatable bonds is 1. The number of nitrogens with two attached hydrogens (primary N) is 1. The van der Waals surface area contributed by atoms with Crippen LogP contribution in [0.1, 0.15) is 16.9 Å². The molecule has 1 aliphatic carbocycles. The van der Waals surface area contributed by atoms with Crippen LogP contribution in [0.25, 0.3) is 10.6 Å². The largest absolute Gasteiger partial charge is 0.384 e. The van der Waals surface area contributed by atoms with Gasteiger partial charge in [-0.15, -0.1) is 11.3 Å². The molecule has 0 aromatic carbocycles. The van der Waals surface area contributed by atoms with E-state index in [1.807, 2.05) is 24.5 Å². The van der Waals surface area contributed by atoms with Crippen LogP contribution in [0.5, 0.6) is 0 Å². The molecule has 2 aromatic rings. The fourth-order valence-corrected chi connectivity index (χ4v) is 3.27. The van der Waals surface area contributed by atoms with E-state index in [9.17, 15) is 0 Å². The minimum Gasteiger partial charge on any atom is -0.384 e. The SMILES string of the molecule is Cn1nc(-c2cc3c(s2)CCC3)cc1N. The molecule has 0 saturated carbocycles. The van der Waals surface area contributed by atoms with Crippen molar-refractivity contribution in [3.05, 3.63) is 22.6 Å². The van der Waals surface area contributed by atoms with E-state index >= 15 is 0 Å². The summed E-state index contributed by atoms with van der Waals surface area (Å²) in [5.74, 6) is 0.721. The predicted molar refractivity (Wildman–Crippen MR) is 63.0 cm³/mol. The summed E-state index contributed by atoms with van der Waals surface area (Å²) in [6, 6.07) is 4.22. The van der Waals surface area contributed by atoms with Crippen molar-refractivity contribution in [1.29, 1.82) is 0 Å². The van der Waals surface area contributed by atoms with Gasteiger partial charge in [0.15, 0.2) is 0 Å². The second kappa shape index (κ2) is 3.10. The van der Waals surface area contributed by atoms with E-state index in [1.165, 1.54) is 34.6 Å². The number of hydrogen-bond donors (Lipinski definition) is 1. The average molecular weight is 219 g/mol. The maximum absolute atomic E-state index is 5.77. The Balaban J connectivity index is 2.05. The number of anilines is 1. The van der Waals surface area contributed by atoms with Crippen molar-refractivity contribution in [2.24, 2.45) is 7.05 Å². The number of nitrogens with zero attached hydrogens (tertiary/aromatic N) is 2. The van der Waals surface area contributed by atoms with Crippen molar-refractivity contribution >= 4 is 17.2 Å². The van der Waals surface area contributed by atoms with Gasteiger partial charge in [-0.1, -0.05) is 0 Å². The first-order valence-corrected chi connectivity index (χ1v) is 5.97. The molecular weight excluding hydrogens is 206 g/mol. The fourth-order valence-electron chi connectivity index (χ4n) is 2.06. The third kappa shape index (κ3) is 1.36. The number of fused-ring (bicyclic) bond motifs is 1. The lowest BCUT2D eigenvalue weighted by molar-refractivity contribution is 0.783. The van der Waals surface area contributed by atoms with Crippen LogP contribution in [0.4, 0.5) is 5.82 Å². The Kier molecular flexibility index (Phi) is 1.85. The molecule has 0 unspecified atom stereocenters. The molecule has 2 heterocycles. The van der Waals surface area contributed by atoms with Crippen LogP contribution in [0.3, 0.4) is 0 Å². The molecule has 15 heavy (non-hydrogen) atoms. The molecule has 3 rings (SSSR count). The van der Waals surface area contributed by atoms with Gasteiger partial charge in [0.1, 0.15) is 11.5 Å². The summed E-state index contributed by atoms with van der Waals surface area (Å²) < 4.78 is 1.72. The number of aromatic nitrogens is 2. The topological polar surface area (TPSA) is 43.8 Å². The van der Waals surface area contributed by atoms with E-state index in [2.05, 4.69) is 11.2 Å². The van der Waals surface area contributed by atoms with Gasteiger partial charge in [-0.05, 0) is 30.9 Å². The van der Waals surface area contributed by atoms with Gasteiger partial charge in [0.05, 0.1) is 4.88 Å². The van der Waals surface area contributed by atoms with Crippen LogP contribution < -0.4 is 5.73 Å². The summed E-state index contributed by atoms with van der Waals surface area (Å²) in [5, 5.41) is 4.40. The lowest BCUT2D eigenvalue weighted by Crippen LogP contribution is -1.96. The minimum absolute atomic E-state index is 0.721. The lowest BCUT2D eigenvalue weighted by Gasteiger charge is -1.90. The fraction of sp³-hybridized carbons (Fsp3) is 0.364. The first-order valence-electron chi connectivity index (χ1n) is 5.15. The third-order valence-corrected chi connectivity index (χ3v) is 4.17. The van der Waals surface area contributed by atoms with Gasteiger partial charge in [0, 0.05) is 18.0 Å². The Morgan fingerprint density at radius 2 is 2.27 bits per heavy atom. The minimum atomic E-state index is 0.721. The lowest BCUT2D eigenvalue weighted by atomic mass is 10.2. The van der Waals surface area contributed by atoms with E-state index < -0.39 is 0 Å². The van der Waals surface area contributed by atoms with Gasteiger partial charge in [-0.3, -0.25) is 4.68 Å². The molecule has 0 atom stereocenters. The summed E-state index contributed by atoms with van der Waals surface area (Å²) in [6.07, 6.45) is 3.78. The van der Waals surface area contributed by atoms with Crippen molar-refractivity contribution in [1.82, 2.24) is 9.78 Å². The molecule has 2 N–H and O–H groups in total. The van der Waals surface area contributed by atoms with Crippen LogP contribution in [0, 0.1) is 0 Å². The molecule has 3 nitrogen and oxygen atoms in total. The van der Waals surface area contributed by atoms with Gasteiger partial charge in [0.2, 0.25) is 0 Å². The van der Waals surface area contributed by atoms with Gasteiger partial charge >= 0.3 is 0 Å². The molecule has 0 bridgehead atoms. The first kappa shape index (κ1) is 8.97. The van der Waals surface area contributed by atoms with Gasteiger partial charge in [-0.2, -0.15) is 5.10 Å². The summed E-state index contributed by atoms with van der Waals surface area (Å²) >= 11 is 1.87. The highest BCUT2D eigenvalue weighted by atomic mass is 32.1. The Hall–Kier alpha value is -1.29. The highest BCUT2D eigenvalue weighted by Gasteiger charge is 2.17. The molecule has 0 amide bonds. The third-order valence-electron chi connectivity index (χ3n) is 2.92. The van der Waals surface area contributed by atoms with E-state index in [0.29, 0.717) is 0 Å². The average Bonchev–Trinajstić information content (AvgIpc) is 2.80. The van der Waals surface area contributed by atoms with E-state index in [1.54, 1.807) is 4.68 Å². The van der Waals surface area contributed by atoms with Crippen LogP contribution in [0.2, 0.25) is 0 Å². The zero-order valence-corrected chi connectivity index (χ0v) is 9.47. The number of aryl methyl sites for hydroxylation is 3. The maximum atomic E-state index is 5.77. The van der Waals surface area contributed by atoms with Crippen molar-refractivity contribution in [3.63, 3.8) is 0 Å². The Labute approximate surface area is 92.5 Å². The number of thiophene rings is 1. The molecule has 0 saturated heterocycles. The summed E-state index contributed by atoms with van der Waals surface area (Å²) in [7, 11) is 1.88. The Bertz CT molecular complexity index is 469. The van der Waals surface area contributed by atoms with Crippen LogP contribution in [-0.2, 0) is 19.9 Å². The summed E-state index contributed by atoms with van der Waals surface area (Å²) in [6.45, 7) is 0. The van der Waals surface area contributed by atoms with Crippen molar-refractivity contribution in [2.75, 3.05) is 5.73 Å². The van der Waals surface area contributed by atoms with E-state index in [4.69, 9.17) is 5.73 Å². The molecule has 4 heteroatoms. The van der Waals surface area contributed by atoms with Crippen molar-refractivity contribution < 1.29 is 0 Å². The Morgan fingerprint density at radius 1 is 1.40 bits per heavy atom. The van der Waals surface area contributed by atoms with Crippen LogP contribution in [0.15, 0.2) is 12.1 Å². The van der Waals surface area contributed by atoms with Crippen LogP contribution in [-0.4, -0.2) is 9.78 Å². The smallest absolute Gasteiger partial charge is 0.121 e. The van der Waals surface area contributed by atoms with Gasteiger partial charge < -0.3 is 5.73 Å². The second-order valence-electron chi connectivity index (χ2n) is 3.99. The Morgan fingerprint density at radius 3 is 2.93 bits per heavy atom. The molecule has 78 valence electrons. The standard InChI is InChI=1S/C11H13N3S/c1-14-11(12)6-8(13-14)10-5-7-3-2-4-9(7)15-10/h5-6H,2-4,12H2,1H3. The predicted octanol–water partition coefficient (Wildman–Crippen LogP) is 2.22. The van der Waals surface area contributed by atoms with Gasteiger partial charge in [-0.25, -0.2) is 0 Å².